The Morgan fingerprint density at radius 2 is 2.20 bits per heavy atom. The number of carbonyl (C=O) groups is 2. The molecule has 2 aromatic rings. The fourth-order valence-electron chi connectivity index (χ4n) is 3.53. The molecule has 132 valence electrons. The number of piperazine rings is 1. The fourth-order valence-corrected chi connectivity index (χ4v) is 3.53. The van der Waals surface area contributed by atoms with Crippen LogP contribution in [0.5, 0.6) is 0 Å². The van der Waals surface area contributed by atoms with Crippen molar-refractivity contribution in [2.45, 2.75) is 25.9 Å². The van der Waals surface area contributed by atoms with Crippen LogP contribution >= 0.6 is 0 Å². The van der Waals surface area contributed by atoms with Gasteiger partial charge in [-0.3, -0.25) is 19.9 Å². The number of carbonyl (C=O) groups excluding carboxylic acids is 2. The van der Waals surface area contributed by atoms with E-state index in [-0.39, 0.29) is 11.9 Å². The number of nitrogens with one attached hydrogen (secondary N) is 2. The maximum atomic E-state index is 12.1. The average molecular weight is 342 g/mol. The lowest BCUT2D eigenvalue weighted by Gasteiger charge is -2.31. The van der Waals surface area contributed by atoms with Gasteiger partial charge in [-0.1, -0.05) is 0 Å². The second-order valence-corrected chi connectivity index (χ2v) is 6.74. The molecule has 0 saturated carbocycles. The van der Waals surface area contributed by atoms with Crippen molar-refractivity contribution >= 4 is 23.1 Å². The number of hydrogen-bond donors (Lipinski definition) is 2. The molecule has 2 N–H and O–H groups in total. The fraction of sp³-hybridized carbons (Fsp3) is 0.471. The van der Waals surface area contributed by atoms with E-state index in [0.29, 0.717) is 19.0 Å². The number of pyridine rings is 1. The monoisotopic (exact) mass is 342 g/mol. The lowest BCUT2D eigenvalue weighted by Crippen LogP contribution is -2.49. The van der Waals surface area contributed by atoms with Gasteiger partial charge in [-0.2, -0.15) is 5.10 Å². The van der Waals surface area contributed by atoms with Gasteiger partial charge in [0.1, 0.15) is 0 Å². The molecular formula is C17H22N6O2. The van der Waals surface area contributed by atoms with Crippen LogP contribution in [0.4, 0.5) is 10.5 Å². The highest BCUT2D eigenvalue weighted by atomic mass is 16.2. The molecule has 25 heavy (non-hydrogen) atoms. The quantitative estimate of drug-likeness (QED) is 0.852. The molecule has 0 spiro atoms. The van der Waals surface area contributed by atoms with Gasteiger partial charge in [0, 0.05) is 51.4 Å². The van der Waals surface area contributed by atoms with E-state index in [4.69, 9.17) is 0 Å². The maximum absolute atomic E-state index is 12.1. The molecule has 8 heteroatoms. The number of fused-ring (bicyclic) bond motifs is 1. The molecule has 0 bridgehead atoms. The van der Waals surface area contributed by atoms with Crippen molar-refractivity contribution in [2.24, 2.45) is 0 Å². The van der Waals surface area contributed by atoms with E-state index in [9.17, 15) is 9.59 Å². The summed E-state index contributed by atoms with van der Waals surface area (Å²) in [5, 5.41) is 10.1. The van der Waals surface area contributed by atoms with Crippen LogP contribution in [0.25, 0.3) is 5.52 Å². The Hall–Kier alpha value is -2.45. The number of aromatic nitrogens is 2. The van der Waals surface area contributed by atoms with Crippen molar-refractivity contribution in [1.29, 1.82) is 0 Å². The van der Waals surface area contributed by atoms with Gasteiger partial charge in [0.05, 0.1) is 17.4 Å². The SMILES string of the molecule is C[C@H]1CN(Cc2ccn3ncc(N4CCC(=O)NC4=O)c3c2)CCN1. The van der Waals surface area contributed by atoms with Crippen molar-refractivity contribution in [1.82, 2.24) is 25.1 Å². The van der Waals surface area contributed by atoms with Crippen LogP contribution in [0, 0.1) is 0 Å². The Kier molecular flexibility index (Phi) is 4.14. The Morgan fingerprint density at radius 3 is 3.00 bits per heavy atom. The maximum Gasteiger partial charge on any atom is 0.328 e. The standard InChI is InChI=1S/C17H22N6O2/c1-12-10-21(7-4-18-12)11-13-2-6-23-14(8-13)15(9-19-23)22-5-3-16(24)20-17(22)25/h2,6,8-9,12,18H,3-5,7,10-11H2,1H3,(H,20,24,25)/t12-/m0/s1. The van der Waals surface area contributed by atoms with E-state index in [1.54, 1.807) is 15.6 Å². The Morgan fingerprint density at radius 1 is 1.32 bits per heavy atom. The zero-order valence-electron chi connectivity index (χ0n) is 14.2. The van der Waals surface area contributed by atoms with Crippen molar-refractivity contribution in [3.8, 4) is 0 Å². The van der Waals surface area contributed by atoms with Crippen LogP contribution in [0.1, 0.15) is 18.9 Å². The van der Waals surface area contributed by atoms with Crippen LogP contribution in [-0.4, -0.2) is 58.7 Å². The first-order valence-corrected chi connectivity index (χ1v) is 8.63. The zero-order valence-corrected chi connectivity index (χ0v) is 14.2. The normalized spacial score (nSPS) is 22.4. The summed E-state index contributed by atoms with van der Waals surface area (Å²) < 4.78 is 1.77. The van der Waals surface area contributed by atoms with Crippen molar-refractivity contribution in [3.63, 3.8) is 0 Å². The molecule has 0 unspecified atom stereocenters. The van der Waals surface area contributed by atoms with E-state index < -0.39 is 0 Å². The molecular weight excluding hydrogens is 320 g/mol. The third-order valence-corrected chi connectivity index (χ3v) is 4.77. The molecule has 0 radical (unpaired) electrons. The summed E-state index contributed by atoms with van der Waals surface area (Å²) in [5.41, 5.74) is 2.81. The summed E-state index contributed by atoms with van der Waals surface area (Å²) in [7, 11) is 0. The van der Waals surface area contributed by atoms with Gasteiger partial charge in [-0.15, -0.1) is 0 Å². The van der Waals surface area contributed by atoms with Gasteiger partial charge >= 0.3 is 6.03 Å². The average Bonchev–Trinajstić information content (AvgIpc) is 2.98. The van der Waals surface area contributed by atoms with E-state index in [2.05, 4.69) is 39.7 Å². The molecule has 8 nitrogen and oxygen atoms in total. The number of anilines is 1. The Balaban J connectivity index is 1.59. The van der Waals surface area contributed by atoms with Gasteiger partial charge in [-0.05, 0) is 24.6 Å². The summed E-state index contributed by atoms with van der Waals surface area (Å²) in [5.74, 6) is -0.230. The minimum Gasteiger partial charge on any atom is -0.312 e. The molecule has 3 amide bonds. The molecule has 0 aromatic carbocycles. The third-order valence-electron chi connectivity index (χ3n) is 4.77. The smallest absolute Gasteiger partial charge is 0.312 e. The molecule has 4 heterocycles. The molecule has 1 atom stereocenters. The van der Waals surface area contributed by atoms with Crippen LogP contribution in [0.2, 0.25) is 0 Å². The molecule has 2 fully saturated rings. The van der Waals surface area contributed by atoms with E-state index in [1.165, 1.54) is 5.56 Å². The molecule has 2 aliphatic heterocycles. The second-order valence-electron chi connectivity index (χ2n) is 6.74. The lowest BCUT2D eigenvalue weighted by molar-refractivity contribution is -0.120. The van der Waals surface area contributed by atoms with E-state index in [0.717, 1.165) is 37.4 Å². The topological polar surface area (TPSA) is 82.0 Å². The van der Waals surface area contributed by atoms with Gasteiger partial charge in [-0.25, -0.2) is 9.31 Å². The van der Waals surface area contributed by atoms with E-state index >= 15 is 0 Å². The highest BCUT2D eigenvalue weighted by Crippen LogP contribution is 2.24. The van der Waals surface area contributed by atoms with Crippen LogP contribution < -0.4 is 15.5 Å². The number of rotatable bonds is 3. The van der Waals surface area contributed by atoms with Crippen molar-refractivity contribution in [2.75, 3.05) is 31.1 Å². The molecule has 2 saturated heterocycles. The Bertz CT molecular complexity index is 817. The number of amides is 3. The molecule has 2 aromatic heterocycles. The minimum absolute atomic E-state index is 0.230. The first-order chi connectivity index (χ1) is 12.1. The predicted octanol–water partition coefficient (Wildman–Crippen LogP) is 0.574. The van der Waals surface area contributed by atoms with Crippen molar-refractivity contribution < 1.29 is 9.59 Å². The summed E-state index contributed by atoms with van der Waals surface area (Å²) in [6.07, 6.45) is 3.91. The van der Waals surface area contributed by atoms with Gasteiger partial charge < -0.3 is 5.32 Å². The number of imide groups is 1. The van der Waals surface area contributed by atoms with Crippen LogP contribution in [0.3, 0.4) is 0 Å². The summed E-state index contributed by atoms with van der Waals surface area (Å²) in [6, 6.07) is 4.26. The zero-order chi connectivity index (χ0) is 17.4. The molecule has 4 rings (SSSR count). The minimum atomic E-state index is -0.382. The van der Waals surface area contributed by atoms with Crippen LogP contribution in [-0.2, 0) is 11.3 Å². The first-order valence-electron chi connectivity index (χ1n) is 8.63. The van der Waals surface area contributed by atoms with Crippen molar-refractivity contribution in [3.05, 3.63) is 30.1 Å². The Labute approximate surface area is 145 Å². The number of hydrogen-bond acceptors (Lipinski definition) is 5. The van der Waals surface area contributed by atoms with Gasteiger partial charge in [0.15, 0.2) is 0 Å². The molecule has 0 aliphatic carbocycles. The first kappa shape index (κ1) is 16.0. The summed E-state index contributed by atoms with van der Waals surface area (Å²) in [4.78, 5) is 27.5. The number of nitrogens with zero attached hydrogens (tertiary/aromatic N) is 4. The predicted molar refractivity (Wildman–Crippen MR) is 93.4 cm³/mol. The lowest BCUT2D eigenvalue weighted by atomic mass is 10.1. The summed E-state index contributed by atoms with van der Waals surface area (Å²) in [6.45, 7) is 6.50. The van der Waals surface area contributed by atoms with Gasteiger partial charge in [0.25, 0.3) is 0 Å². The number of urea groups is 1. The third kappa shape index (κ3) is 3.22. The second kappa shape index (κ2) is 6.45. The molecule has 2 aliphatic rings. The highest BCUT2D eigenvalue weighted by Gasteiger charge is 2.26. The van der Waals surface area contributed by atoms with E-state index in [1.807, 2.05) is 6.20 Å². The highest BCUT2D eigenvalue weighted by molar-refractivity contribution is 6.07. The van der Waals surface area contributed by atoms with Gasteiger partial charge in [0.2, 0.25) is 5.91 Å². The largest absolute Gasteiger partial charge is 0.328 e. The van der Waals surface area contributed by atoms with Crippen LogP contribution in [0.15, 0.2) is 24.5 Å². The summed E-state index contributed by atoms with van der Waals surface area (Å²) >= 11 is 0.